The van der Waals surface area contributed by atoms with E-state index in [0.717, 1.165) is 17.0 Å². The number of hydrogen-bond donors (Lipinski definition) is 1. The second kappa shape index (κ2) is 6.58. The van der Waals surface area contributed by atoms with E-state index in [0.29, 0.717) is 16.3 Å². The van der Waals surface area contributed by atoms with Gasteiger partial charge in [0, 0.05) is 16.7 Å². The van der Waals surface area contributed by atoms with Gasteiger partial charge in [-0.3, -0.25) is 10.1 Å². The number of carbonyl (C=O) groups is 1. The molecule has 0 saturated heterocycles. The largest absolute Gasteiger partial charge is 0.298 e. The lowest BCUT2D eigenvalue weighted by Gasteiger charge is -2.04. The number of thiazole rings is 1. The number of nitrogens with one attached hydrogen (secondary N) is 1. The van der Waals surface area contributed by atoms with E-state index < -0.39 is 9.84 Å². The molecule has 1 aromatic carbocycles. The van der Waals surface area contributed by atoms with Crippen LogP contribution in [0.4, 0.5) is 5.13 Å². The second-order valence-electron chi connectivity index (χ2n) is 5.10. The van der Waals surface area contributed by atoms with Crippen molar-refractivity contribution in [1.82, 2.24) is 4.98 Å². The first-order valence-electron chi connectivity index (χ1n) is 6.83. The Labute approximate surface area is 134 Å². The van der Waals surface area contributed by atoms with Crippen LogP contribution in [0.15, 0.2) is 24.3 Å². The highest BCUT2D eigenvalue weighted by Gasteiger charge is 2.12. The molecule has 1 aromatic heterocycles. The highest BCUT2D eigenvalue weighted by Crippen LogP contribution is 2.23. The smallest absolute Gasteiger partial charge is 0.257 e. The number of aryl methyl sites for hydroxylation is 2. The fourth-order valence-electron chi connectivity index (χ4n) is 2.08. The summed E-state index contributed by atoms with van der Waals surface area (Å²) >= 11 is 1.44. The van der Waals surface area contributed by atoms with Crippen molar-refractivity contribution in [2.75, 3.05) is 11.6 Å². The summed E-state index contributed by atoms with van der Waals surface area (Å²) in [6.07, 6.45) is 1.99. The van der Waals surface area contributed by atoms with E-state index in [9.17, 15) is 13.2 Å². The van der Waals surface area contributed by atoms with Gasteiger partial charge in [-0.25, -0.2) is 13.4 Å². The molecule has 1 N–H and O–H groups in total. The maximum atomic E-state index is 12.2. The van der Waals surface area contributed by atoms with Crippen molar-refractivity contribution in [3.63, 3.8) is 0 Å². The Kier molecular flexibility index (Phi) is 4.97. The average molecular weight is 338 g/mol. The third-order valence-electron chi connectivity index (χ3n) is 3.07. The first-order valence-corrected chi connectivity index (χ1v) is 9.70. The van der Waals surface area contributed by atoms with Crippen molar-refractivity contribution >= 4 is 32.2 Å². The van der Waals surface area contributed by atoms with Crippen molar-refractivity contribution in [2.24, 2.45) is 0 Å². The van der Waals surface area contributed by atoms with Gasteiger partial charge in [0.25, 0.3) is 5.91 Å². The summed E-state index contributed by atoms with van der Waals surface area (Å²) in [5.74, 6) is -0.364. The Morgan fingerprint density at radius 2 is 2.09 bits per heavy atom. The van der Waals surface area contributed by atoms with E-state index in [1.165, 1.54) is 17.6 Å². The maximum absolute atomic E-state index is 12.2. The molecule has 0 fully saturated rings. The van der Waals surface area contributed by atoms with Crippen LogP contribution in [0.25, 0.3) is 0 Å². The number of sulfone groups is 1. The van der Waals surface area contributed by atoms with Crippen LogP contribution in [0.1, 0.15) is 33.4 Å². The summed E-state index contributed by atoms with van der Waals surface area (Å²) in [5, 5.41) is 3.33. The number of amides is 1. The Bertz CT molecular complexity index is 795. The molecule has 2 rings (SSSR count). The highest BCUT2D eigenvalue weighted by atomic mass is 32.2. The quantitative estimate of drug-likeness (QED) is 0.909. The van der Waals surface area contributed by atoms with Gasteiger partial charge in [-0.2, -0.15) is 0 Å². The third-order valence-corrected chi connectivity index (χ3v) is 4.85. The van der Waals surface area contributed by atoms with Crippen molar-refractivity contribution < 1.29 is 13.2 Å². The van der Waals surface area contributed by atoms with Crippen molar-refractivity contribution in [3.05, 3.63) is 46.0 Å². The molecule has 0 unspecified atom stereocenters. The molecule has 22 heavy (non-hydrogen) atoms. The van der Waals surface area contributed by atoms with Gasteiger partial charge in [0.15, 0.2) is 15.0 Å². The van der Waals surface area contributed by atoms with E-state index in [1.807, 2.05) is 13.8 Å². The monoisotopic (exact) mass is 338 g/mol. The Hall–Kier alpha value is -1.73. The zero-order chi connectivity index (χ0) is 16.3. The average Bonchev–Trinajstić information content (AvgIpc) is 2.77. The van der Waals surface area contributed by atoms with Gasteiger partial charge >= 0.3 is 0 Å². The predicted molar refractivity (Wildman–Crippen MR) is 89.2 cm³/mol. The number of hydrogen-bond acceptors (Lipinski definition) is 5. The molecule has 1 heterocycles. The summed E-state index contributed by atoms with van der Waals surface area (Å²) in [5.41, 5.74) is 2.00. The van der Waals surface area contributed by atoms with Gasteiger partial charge in [0.1, 0.15) is 0 Å². The summed E-state index contributed by atoms with van der Waals surface area (Å²) in [6, 6.07) is 6.63. The molecule has 7 heteroatoms. The molecule has 5 nitrogen and oxygen atoms in total. The molecule has 0 aliphatic rings. The standard InChI is InChI=1S/C15H18N2O3S2/c1-4-13-10(2)21-15(16-13)17-14(18)12-7-5-6-11(8-12)9-22(3,19)20/h5-8H,4,9H2,1-3H3,(H,16,17,18). The topological polar surface area (TPSA) is 76.1 Å². The number of benzene rings is 1. The van der Waals surface area contributed by atoms with Gasteiger partial charge < -0.3 is 0 Å². The van der Waals surface area contributed by atoms with Crippen LogP contribution in [0.3, 0.4) is 0 Å². The molecule has 118 valence electrons. The molecule has 0 aliphatic carbocycles. The Morgan fingerprint density at radius 3 is 2.68 bits per heavy atom. The van der Waals surface area contributed by atoms with Crippen LogP contribution in [0.5, 0.6) is 0 Å². The van der Waals surface area contributed by atoms with Crippen molar-refractivity contribution in [3.8, 4) is 0 Å². The van der Waals surface area contributed by atoms with Crippen LogP contribution in [0, 0.1) is 6.92 Å². The minimum Gasteiger partial charge on any atom is -0.298 e. The van der Waals surface area contributed by atoms with Gasteiger partial charge in [0.05, 0.1) is 11.4 Å². The first-order chi connectivity index (χ1) is 10.3. The normalized spacial score (nSPS) is 11.4. The third kappa shape index (κ3) is 4.38. The molecule has 0 spiro atoms. The van der Waals surface area contributed by atoms with Crippen molar-refractivity contribution in [1.29, 1.82) is 0 Å². The van der Waals surface area contributed by atoms with Gasteiger partial charge in [-0.1, -0.05) is 19.1 Å². The highest BCUT2D eigenvalue weighted by molar-refractivity contribution is 7.89. The summed E-state index contributed by atoms with van der Waals surface area (Å²) in [6.45, 7) is 3.99. The first kappa shape index (κ1) is 16.6. The molecular weight excluding hydrogens is 320 g/mol. The lowest BCUT2D eigenvalue weighted by molar-refractivity contribution is 0.102. The van der Waals surface area contributed by atoms with Gasteiger partial charge in [0.2, 0.25) is 0 Å². The van der Waals surface area contributed by atoms with E-state index in [-0.39, 0.29) is 11.7 Å². The molecule has 0 aliphatic heterocycles. The fourth-order valence-corrected chi connectivity index (χ4v) is 3.77. The van der Waals surface area contributed by atoms with Crippen LogP contribution in [0.2, 0.25) is 0 Å². The van der Waals surface area contributed by atoms with E-state index in [1.54, 1.807) is 24.3 Å². The van der Waals surface area contributed by atoms with Crippen LogP contribution < -0.4 is 5.32 Å². The summed E-state index contributed by atoms with van der Waals surface area (Å²) < 4.78 is 22.7. The zero-order valence-electron chi connectivity index (χ0n) is 12.7. The van der Waals surface area contributed by atoms with E-state index in [4.69, 9.17) is 0 Å². The van der Waals surface area contributed by atoms with E-state index >= 15 is 0 Å². The minimum atomic E-state index is -3.13. The van der Waals surface area contributed by atoms with Gasteiger partial charge in [-0.15, -0.1) is 11.3 Å². The summed E-state index contributed by atoms with van der Waals surface area (Å²) in [7, 11) is -3.13. The number of anilines is 1. The minimum absolute atomic E-state index is 0.0789. The Morgan fingerprint density at radius 1 is 1.36 bits per heavy atom. The van der Waals surface area contributed by atoms with E-state index in [2.05, 4.69) is 10.3 Å². The van der Waals surface area contributed by atoms with Crippen LogP contribution in [-0.4, -0.2) is 25.6 Å². The molecular formula is C15H18N2O3S2. The Balaban J connectivity index is 2.17. The summed E-state index contributed by atoms with van der Waals surface area (Å²) in [4.78, 5) is 17.7. The number of carbonyl (C=O) groups excluding carboxylic acids is 1. The molecule has 0 bridgehead atoms. The lowest BCUT2D eigenvalue weighted by Crippen LogP contribution is -2.12. The van der Waals surface area contributed by atoms with Crippen LogP contribution >= 0.6 is 11.3 Å². The lowest BCUT2D eigenvalue weighted by atomic mass is 10.1. The molecule has 0 saturated carbocycles. The molecule has 0 atom stereocenters. The fraction of sp³-hybridized carbons (Fsp3) is 0.333. The number of aromatic nitrogens is 1. The van der Waals surface area contributed by atoms with Crippen molar-refractivity contribution in [2.45, 2.75) is 26.0 Å². The molecule has 0 radical (unpaired) electrons. The number of rotatable bonds is 5. The molecule has 1 amide bonds. The number of nitrogens with zero attached hydrogens (tertiary/aromatic N) is 1. The SMILES string of the molecule is CCc1nc(NC(=O)c2cccc(CS(C)(=O)=O)c2)sc1C. The predicted octanol–water partition coefficient (Wildman–Crippen LogP) is 2.81. The van der Waals surface area contributed by atoms with Gasteiger partial charge in [-0.05, 0) is 31.0 Å². The molecule has 2 aromatic rings. The van der Waals surface area contributed by atoms with Crippen LogP contribution in [-0.2, 0) is 22.0 Å². The maximum Gasteiger partial charge on any atom is 0.257 e. The second-order valence-corrected chi connectivity index (χ2v) is 8.44. The zero-order valence-corrected chi connectivity index (χ0v) is 14.3.